The molecule has 0 amide bonds. The third-order valence-electron chi connectivity index (χ3n) is 6.80. The summed E-state index contributed by atoms with van der Waals surface area (Å²) >= 11 is 0. The molecule has 0 radical (unpaired) electrons. The molecule has 0 unspecified atom stereocenters. The van der Waals surface area contributed by atoms with E-state index in [0.717, 1.165) is 44.8 Å². The molecule has 198 valence electrons. The van der Waals surface area contributed by atoms with Crippen LogP contribution < -0.4 is 0 Å². The van der Waals surface area contributed by atoms with E-state index in [1.165, 1.54) is 0 Å². The quantitative estimate of drug-likeness (QED) is 0.201. The Morgan fingerprint density at radius 3 is 1.73 bits per heavy atom. The minimum Gasteiger partial charge on any atom is -0.478 e. The Kier molecular flexibility index (Phi) is 6.67. The van der Waals surface area contributed by atoms with Gasteiger partial charge in [-0.15, -0.1) is 0 Å². The van der Waals surface area contributed by atoms with Crippen LogP contribution in [0, 0.1) is 0 Å². The number of allylic oxidation sites excluding steroid dienone is 1. The molecule has 7 nitrogen and oxygen atoms in total. The third kappa shape index (κ3) is 5.24. The number of aliphatic imine (C=N–C) groups is 2. The van der Waals surface area contributed by atoms with Crippen LogP contribution in [0.1, 0.15) is 31.8 Å². The number of aromatic carboxylic acids is 2. The molecule has 0 saturated carbocycles. The Morgan fingerprint density at radius 1 is 0.634 bits per heavy atom. The van der Waals surface area contributed by atoms with E-state index in [0.29, 0.717) is 11.7 Å². The van der Waals surface area contributed by atoms with Gasteiger partial charge in [0.1, 0.15) is 5.82 Å². The maximum Gasteiger partial charge on any atom is 0.335 e. The number of rotatable bonds is 7. The minimum absolute atomic E-state index is 0.194. The summed E-state index contributed by atoms with van der Waals surface area (Å²) in [6, 6.07) is 34.9. The van der Waals surface area contributed by atoms with Gasteiger partial charge in [-0.3, -0.25) is 0 Å². The average Bonchev–Trinajstić information content (AvgIpc) is 3.63. The van der Waals surface area contributed by atoms with Crippen molar-refractivity contribution in [3.63, 3.8) is 0 Å². The molecule has 7 heteroatoms. The zero-order chi connectivity index (χ0) is 28.3. The van der Waals surface area contributed by atoms with Crippen molar-refractivity contribution in [2.45, 2.75) is 0 Å². The van der Waals surface area contributed by atoms with Gasteiger partial charge in [-0.25, -0.2) is 19.6 Å². The largest absolute Gasteiger partial charge is 0.478 e. The molecule has 1 aliphatic rings. The van der Waals surface area contributed by atoms with E-state index in [9.17, 15) is 19.8 Å². The predicted octanol–water partition coefficient (Wildman–Crippen LogP) is 7.36. The minimum atomic E-state index is -0.995. The highest BCUT2D eigenvalue weighted by Gasteiger charge is 2.21. The molecule has 0 spiro atoms. The van der Waals surface area contributed by atoms with Gasteiger partial charge in [0.05, 0.1) is 16.8 Å². The van der Waals surface area contributed by atoms with Crippen molar-refractivity contribution < 1.29 is 19.8 Å². The number of nitrogens with one attached hydrogen (secondary N) is 1. The first-order valence-electron chi connectivity index (χ1n) is 12.9. The standard InChI is InChI=1S/C34H23N3O4/c38-33(39)25-15-11-21(12-16-25)27-19-29(23-7-3-1-4-8-23)35-31(27)37-32-28(22-13-17-26(18-14-22)34(40)41)20-30(36-32)24-9-5-2-6-10-24/h1-20,35H,(H,38,39)(H,40,41)/b37-32-. The lowest BCUT2D eigenvalue weighted by Crippen LogP contribution is -1.99. The van der Waals surface area contributed by atoms with E-state index in [1.54, 1.807) is 48.5 Å². The van der Waals surface area contributed by atoms with E-state index < -0.39 is 11.9 Å². The second kappa shape index (κ2) is 10.7. The van der Waals surface area contributed by atoms with Gasteiger partial charge < -0.3 is 15.2 Å². The van der Waals surface area contributed by atoms with Crippen molar-refractivity contribution in [1.82, 2.24) is 4.98 Å². The normalized spacial score (nSPS) is 13.6. The summed E-state index contributed by atoms with van der Waals surface area (Å²) < 4.78 is 0. The van der Waals surface area contributed by atoms with Crippen LogP contribution in [0.3, 0.4) is 0 Å². The number of amidine groups is 1. The summed E-state index contributed by atoms with van der Waals surface area (Å²) in [6.07, 6.45) is 1.95. The maximum atomic E-state index is 11.4. The van der Waals surface area contributed by atoms with Gasteiger partial charge in [-0.05, 0) is 53.1 Å². The summed E-state index contributed by atoms with van der Waals surface area (Å²) in [5, 5.41) is 18.7. The molecule has 0 bridgehead atoms. The van der Waals surface area contributed by atoms with E-state index >= 15 is 0 Å². The Hall–Kier alpha value is -5.82. The van der Waals surface area contributed by atoms with Gasteiger partial charge >= 0.3 is 11.9 Å². The summed E-state index contributed by atoms with van der Waals surface area (Å²) in [5.74, 6) is -0.955. The number of hydrogen-bond donors (Lipinski definition) is 3. The van der Waals surface area contributed by atoms with E-state index in [4.69, 9.17) is 9.98 Å². The van der Waals surface area contributed by atoms with Crippen molar-refractivity contribution in [3.05, 3.63) is 144 Å². The molecule has 6 rings (SSSR count). The summed E-state index contributed by atoms with van der Waals surface area (Å²) in [4.78, 5) is 36.2. The van der Waals surface area contributed by atoms with Crippen molar-refractivity contribution >= 4 is 34.9 Å². The van der Waals surface area contributed by atoms with Crippen molar-refractivity contribution in [1.29, 1.82) is 0 Å². The molecule has 2 heterocycles. The van der Waals surface area contributed by atoms with Gasteiger partial charge in [0.25, 0.3) is 0 Å². The monoisotopic (exact) mass is 537 g/mol. The molecule has 41 heavy (non-hydrogen) atoms. The molecule has 3 N–H and O–H groups in total. The molecule has 0 atom stereocenters. The molecule has 0 fully saturated rings. The highest BCUT2D eigenvalue weighted by molar-refractivity contribution is 6.38. The Morgan fingerprint density at radius 2 is 1.17 bits per heavy atom. The van der Waals surface area contributed by atoms with E-state index in [-0.39, 0.29) is 11.1 Å². The summed E-state index contributed by atoms with van der Waals surface area (Å²) in [5.41, 5.74) is 7.01. The van der Waals surface area contributed by atoms with Crippen molar-refractivity contribution in [2.24, 2.45) is 9.98 Å². The highest BCUT2D eigenvalue weighted by atomic mass is 16.4. The molecular weight excluding hydrogens is 514 g/mol. The number of carboxylic acid groups (broad SMARTS) is 2. The smallest absolute Gasteiger partial charge is 0.335 e. The van der Waals surface area contributed by atoms with Crippen LogP contribution >= 0.6 is 0 Å². The molecule has 4 aromatic carbocycles. The number of H-pyrrole nitrogens is 1. The van der Waals surface area contributed by atoms with Gasteiger partial charge in [0.15, 0.2) is 5.84 Å². The first-order valence-corrected chi connectivity index (χ1v) is 12.9. The van der Waals surface area contributed by atoms with Crippen molar-refractivity contribution in [2.75, 3.05) is 0 Å². The molecule has 1 aliphatic heterocycles. The number of aromatic nitrogens is 1. The molecule has 0 saturated heterocycles. The second-order valence-corrected chi connectivity index (χ2v) is 9.43. The Balaban J connectivity index is 1.50. The fraction of sp³-hybridized carbons (Fsp3) is 0. The lowest BCUT2D eigenvalue weighted by atomic mass is 10.0. The number of aromatic amines is 1. The zero-order valence-corrected chi connectivity index (χ0v) is 21.7. The van der Waals surface area contributed by atoms with Gasteiger partial charge in [0, 0.05) is 22.4 Å². The predicted molar refractivity (Wildman–Crippen MR) is 160 cm³/mol. The van der Waals surface area contributed by atoms with E-state index in [1.807, 2.05) is 72.8 Å². The molecular formula is C34H23N3O4. The summed E-state index contributed by atoms with van der Waals surface area (Å²) in [6.45, 7) is 0. The number of benzene rings is 4. The van der Waals surface area contributed by atoms with Crippen LogP contribution in [-0.4, -0.2) is 38.7 Å². The van der Waals surface area contributed by atoms with E-state index in [2.05, 4.69) is 4.98 Å². The Labute approximate surface area is 235 Å². The van der Waals surface area contributed by atoms with Crippen LogP contribution in [-0.2, 0) is 0 Å². The molecule has 1 aromatic heterocycles. The van der Waals surface area contributed by atoms with Gasteiger partial charge in [0.2, 0.25) is 0 Å². The van der Waals surface area contributed by atoms with Gasteiger partial charge in [-0.2, -0.15) is 0 Å². The van der Waals surface area contributed by atoms with Crippen LogP contribution in [0.5, 0.6) is 0 Å². The highest BCUT2D eigenvalue weighted by Crippen LogP contribution is 2.37. The van der Waals surface area contributed by atoms with Crippen LogP contribution in [0.25, 0.3) is 28.0 Å². The fourth-order valence-corrected chi connectivity index (χ4v) is 4.68. The van der Waals surface area contributed by atoms with Crippen molar-refractivity contribution in [3.8, 4) is 22.4 Å². The number of carbonyl (C=O) groups is 2. The molecule has 5 aromatic rings. The summed E-state index contributed by atoms with van der Waals surface area (Å²) in [7, 11) is 0. The third-order valence-corrected chi connectivity index (χ3v) is 6.80. The SMILES string of the molecule is O=C(O)c1ccc(C2=CC(c3ccccc3)=N/C2=N\c2[nH]c(-c3ccccc3)cc2-c2ccc(C(=O)O)cc2)cc1. The van der Waals surface area contributed by atoms with Crippen LogP contribution in [0.2, 0.25) is 0 Å². The second-order valence-electron chi connectivity index (χ2n) is 9.43. The topological polar surface area (TPSA) is 115 Å². The number of nitrogens with zero attached hydrogens (tertiary/aromatic N) is 2. The number of carboxylic acids is 2. The maximum absolute atomic E-state index is 11.4. The fourth-order valence-electron chi connectivity index (χ4n) is 4.68. The zero-order valence-electron chi connectivity index (χ0n) is 21.7. The molecule has 0 aliphatic carbocycles. The number of hydrogen-bond acceptors (Lipinski definition) is 3. The lowest BCUT2D eigenvalue weighted by molar-refractivity contribution is 0.0686. The first-order chi connectivity index (χ1) is 20.0. The first kappa shape index (κ1) is 25.5. The van der Waals surface area contributed by atoms with Crippen LogP contribution in [0.15, 0.2) is 131 Å². The van der Waals surface area contributed by atoms with Crippen LogP contribution in [0.4, 0.5) is 5.82 Å². The Bertz CT molecular complexity index is 1850. The average molecular weight is 538 g/mol. The van der Waals surface area contributed by atoms with Gasteiger partial charge in [-0.1, -0.05) is 84.9 Å². The lowest BCUT2D eigenvalue weighted by Gasteiger charge is -2.06.